The van der Waals surface area contributed by atoms with Gasteiger partial charge >= 0.3 is 0 Å². The van der Waals surface area contributed by atoms with Gasteiger partial charge in [0.05, 0.1) is 6.54 Å². The van der Waals surface area contributed by atoms with E-state index in [1.807, 2.05) is 36.0 Å². The van der Waals surface area contributed by atoms with Crippen molar-refractivity contribution >= 4 is 16.7 Å². The van der Waals surface area contributed by atoms with Gasteiger partial charge in [-0.25, -0.2) is 0 Å². The number of carbonyl (C=O) groups excluding carboxylic acids is 1. The van der Waals surface area contributed by atoms with Crippen molar-refractivity contribution in [3.8, 4) is 0 Å². The quantitative estimate of drug-likeness (QED) is 0.721. The van der Waals surface area contributed by atoms with Gasteiger partial charge in [-0.2, -0.15) is 0 Å². The number of carbonyl (C=O) groups is 1. The molecule has 0 aliphatic rings. The third-order valence-corrected chi connectivity index (χ3v) is 3.64. The first kappa shape index (κ1) is 14.8. The highest BCUT2D eigenvalue weighted by molar-refractivity contribution is 6.09. The fraction of sp³-hybridized carbons (Fsp3) is 0.471. The van der Waals surface area contributed by atoms with Crippen LogP contribution >= 0.6 is 0 Å². The van der Waals surface area contributed by atoms with Crippen molar-refractivity contribution in [3.63, 3.8) is 0 Å². The fourth-order valence-electron chi connectivity index (χ4n) is 2.75. The van der Waals surface area contributed by atoms with E-state index >= 15 is 0 Å². The molecule has 0 bridgehead atoms. The van der Waals surface area contributed by atoms with E-state index in [0.29, 0.717) is 6.54 Å². The number of hydrogen-bond donors (Lipinski definition) is 0. The number of benzene rings is 1. The molecule has 1 heterocycles. The summed E-state index contributed by atoms with van der Waals surface area (Å²) in [6.45, 7) is 6.82. The summed E-state index contributed by atoms with van der Waals surface area (Å²) < 4.78 is 2.03. The number of ketones is 1. The van der Waals surface area contributed by atoms with Crippen LogP contribution in [0.15, 0.2) is 30.5 Å². The van der Waals surface area contributed by atoms with Gasteiger partial charge in [-0.05, 0) is 32.0 Å². The first-order chi connectivity index (χ1) is 9.67. The maximum Gasteiger partial charge on any atom is 0.178 e. The van der Waals surface area contributed by atoms with Crippen LogP contribution < -0.4 is 0 Å². The number of fused-ring (bicyclic) bond motifs is 1. The average molecular weight is 272 g/mol. The minimum atomic E-state index is 0.226. The van der Waals surface area contributed by atoms with E-state index in [-0.39, 0.29) is 5.78 Å². The van der Waals surface area contributed by atoms with Crippen LogP contribution in [0.5, 0.6) is 0 Å². The van der Waals surface area contributed by atoms with Crippen molar-refractivity contribution in [3.05, 3.63) is 36.0 Å². The summed E-state index contributed by atoms with van der Waals surface area (Å²) in [5.41, 5.74) is 1.97. The topological polar surface area (TPSA) is 25.2 Å². The molecule has 0 unspecified atom stereocenters. The number of rotatable bonds is 7. The smallest absolute Gasteiger partial charge is 0.178 e. The zero-order valence-corrected chi connectivity index (χ0v) is 12.7. The van der Waals surface area contributed by atoms with Crippen molar-refractivity contribution in [2.75, 3.05) is 19.6 Å². The van der Waals surface area contributed by atoms with Crippen molar-refractivity contribution in [1.82, 2.24) is 9.47 Å². The van der Waals surface area contributed by atoms with Gasteiger partial charge in [0.15, 0.2) is 5.78 Å². The summed E-state index contributed by atoms with van der Waals surface area (Å²) in [6, 6.07) is 8.10. The Bertz CT molecular complexity index is 580. The average Bonchev–Trinajstić information content (AvgIpc) is 2.77. The number of aromatic nitrogens is 1. The Hall–Kier alpha value is -1.61. The maximum absolute atomic E-state index is 12.6. The van der Waals surface area contributed by atoms with Crippen LogP contribution in [0.2, 0.25) is 0 Å². The molecule has 0 aliphatic carbocycles. The molecule has 0 N–H and O–H groups in total. The third-order valence-electron chi connectivity index (χ3n) is 3.64. The standard InChI is InChI=1S/C17H24N2O/c1-4-10-19(11-5-2)13-17(20)15-12-18(3)16-9-7-6-8-14(15)16/h6-9,12H,4-5,10-11,13H2,1-3H3. The van der Waals surface area contributed by atoms with Gasteiger partial charge < -0.3 is 4.57 Å². The molecule has 1 aromatic heterocycles. The SMILES string of the molecule is CCCN(CCC)CC(=O)c1cn(C)c2ccccc12. The van der Waals surface area contributed by atoms with Crippen LogP contribution in [0.4, 0.5) is 0 Å². The van der Waals surface area contributed by atoms with E-state index in [9.17, 15) is 4.79 Å². The van der Waals surface area contributed by atoms with E-state index in [1.165, 1.54) is 0 Å². The highest BCUT2D eigenvalue weighted by atomic mass is 16.1. The summed E-state index contributed by atoms with van der Waals surface area (Å²) in [6.07, 6.45) is 4.13. The number of nitrogens with zero attached hydrogens (tertiary/aromatic N) is 2. The molecular weight excluding hydrogens is 248 g/mol. The number of Topliss-reactive ketones (excluding diaryl/α,β-unsaturated/α-hetero) is 1. The first-order valence-electron chi connectivity index (χ1n) is 7.47. The molecule has 3 heteroatoms. The van der Waals surface area contributed by atoms with Crippen LogP contribution in [0.1, 0.15) is 37.0 Å². The van der Waals surface area contributed by atoms with Crippen molar-refractivity contribution in [1.29, 1.82) is 0 Å². The van der Waals surface area contributed by atoms with Gasteiger partial charge in [0, 0.05) is 29.7 Å². The molecule has 0 atom stereocenters. The van der Waals surface area contributed by atoms with Crippen LogP contribution in [0.3, 0.4) is 0 Å². The number of para-hydroxylation sites is 1. The molecule has 3 nitrogen and oxygen atoms in total. The Kier molecular flexibility index (Phi) is 4.96. The second-order valence-electron chi connectivity index (χ2n) is 5.37. The highest BCUT2D eigenvalue weighted by Crippen LogP contribution is 2.21. The molecule has 0 aliphatic heterocycles. The maximum atomic E-state index is 12.6. The van der Waals surface area contributed by atoms with Crippen LogP contribution in [-0.2, 0) is 7.05 Å². The monoisotopic (exact) mass is 272 g/mol. The summed E-state index contributed by atoms with van der Waals surface area (Å²) in [5, 5.41) is 1.06. The summed E-state index contributed by atoms with van der Waals surface area (Å²) in [7, 11) is 2.00. The van der Waals surface area contributed by atoms with E-state index in [4.69, 9.17) is 0 Å². The Morgan fingerprint density at radius 2 is 1.80 bits per heavy atom. The van der Waals surface area contributed by atoms with Crippen LogP contribution in [-0.4, -0.2) is 34.9 Å². The Morgan fingerprint density at radius 1 is 1.15 bits per heavy atom. The summed E-state index contributed by atoms with van der Waals surface area (Å²) in [4.78, 5) is 14.8. The van der Waals surface area contributed by atoms with Crippen molar-refractivity contribution < 1.29 is 4.79 Å². The molecular formula is C17H24N2O. The zero-order chi connectivity index (χ0) is 14.5. The molecule has 2 rings (SSSR count). The largest absolute Gasteiger partial charge is 0.350 e. The lowest BCUT2D eigenvalue weighted by Gasteiger charge is -2.19. The normalized spacial score (nSPS) is 11.4. The molecule has 0 fully saturated rings. The predicted molar refractivity (Wildman–Crippen MR) is 84.3 cm³/mol. The Morgan fingerprint density at radius 3 is 2.45 bits per heavy atom. The van der Waals surface area contributed by atoms with E-state index < -0.39 is 0 Å². The Balaban J connectivity index is 2.22. The second kappa shape index (κ2) is 6.71. The van der Waals surface area contributed by atoms with Gasteiger partial charge in [-0.15, -0.1) is 0 Å². The first-order valence-corrected chi connectivity index (χ1v) is 7.47. The minimum Gasteiger partial charge on any atom is -0.350 e. The lowest BCUT2D eigenvalue weighted by atomic mass is 10.1. The molecule has 0 spiro atoms. The predicted octanol–water partition coefficient (Wildman–Crippen LogP) is 3.48. The highest BCUT2D eigenvalue weighted by Gasteiger charge is 2.16. The van der Waals surface area contributed by atoms with Gasteiger partial charge in [0.2, 0.25) is 0 Å². The van der Waals surface area contributed by atoms with Gasteiger partial charge in [0.1, 0.15) is 0 Å². The second-order valence-corrected chi connectivity index (χ2v) is 5.37. The molecule has 108 valence electrons. The Labute approximate surface area is 121 Å². The number of aryl methyl sites for hydroxylation is 1. The fourth-order valence-corrected chi connectivity index (χ4v) is 2.75. The molecule has 0 radical (unpaired) electrons. The molecule has 0 saturated heterocycles. The van der Waals surface area contributed by atoms with Crippen LogP contribution in [0, 0.1) is 0 Å². The zero-order valence-electron chi connectivity index (χ0n) is 12.7. The summed E-state index contributed by atoms with van der Waals surface area (Å²) >= 11 is 0. The molecule has 0 saturated carbocycles. The molecule has 1 aromatic carbocycles. The summed E-state index contributed by atoms with van der Waals surface area (Å²) in [5.74, 6) is 0.226. The minimum absolute atomic E-state index is 0.226. The van der Waals surface area contributed by atoms with Crippen molar-refractivity contribution in [2.45, 2.75) is 26.7 Å². The van der Waals surface area contributed by atoms with Gasteiger partial charge in [-0.1, -0.05) is 32.0 Å². The van der Waals surface area contributed by atoms with Crippen molar-refractivity contribution in [2.24, 2.45) is 7.05 Å². The number of hydrogen-bond acceptors (Lipinski definition) is 2. The van der Waals surface area contributed by atoms with Gasteiger partial charge in [-0.3, -0.25) is 9.69 Å². The molecule has 2 aromatic rings. The lowest BCUT2D eigenvalue weighted by Crippen LogP contribution is -2.31. The van der Waals surface area contributed by atoms with Crippen LogP contribution in [0.25, 0.3) is 10.9 Å². The molecule has 20 heavy (non-hydrogen) atoms. The molecule has 0 amide bonds. The lowest BCUT2D eigenvalue weighted by molar-refractivity contribution is 0.0932. The van der Waals surface area contributed by atoms with E-state index in [0.717, 1.165) is 42.4 Å². The van der Waals surface area contributed by atoms with E-state index in [2.05, 4.69) is 24.8 Å². The third kappa shape index (κ3) is 3.10. The van der Waals surface area contributed by atoms with Gasteiger partial charge in [0.25, 0.3) is 0 Å². The van der Waals surface area contributed by atoms with E-state index in [1.54, 1.807) is 0 Å².